The van der Waals surface area contributed by atoms with Crippen molar-refractivity contribution in [2.45, 2.75) is 45.1 Å². The van der Waals surface area contributed by atoms with E-state index in [1.54, 1.807) is 0 Å². The van der Waals surface area contributed by atoms with Crippen molar-refractivity contribution in [3.05, 3.63) is 0 Å². The second-order valence-corrected chi connectivity index (χ2v) is 4.09. The zero-order valence-electron chi connectivity index (χ0n) is 7.68. The van der Waals surface area contributed by atoms with Gasteiger partial charge < -0.3 is 11.5 Å². The molecule has 0 aromatic carbocycles. The minimum absolute atomic E-state index is 0.0376. The molecule has 1 atom stereocenters. The first-order valence-corrected chi connectivity index (χ1v) is 4.61. The van der Waals surface area contributed by atoms with Gasteiger partial charge in [0.25, 0.3) is 0 Å². The Morgan fingerprint density at radius 1 is 1.33 bits per heavy atom. The Morgan fingerprint density at radius 3 is 2.25 bits per heavy atom. The van der Waals surface area contributed by atoms with Crippen molar-refractivity contribution in [3.8, 4) is 0 Å². The smallest absolute Gasteiger partial charge is 0.234 e. The lowest BCUT2D eigenvalue weighted by Crippen LogP contribution is -2.49. The van der Waals surface area contributed by atoms with Crippen LogP contribution in [0.5, 0.6) is 0 Å². The lowest BCUT2D eigenvalue weighted by atomic mass is 9.70. The van der Waals surface area contributed by atoms with E-state index < -0.39 is 6.04 Å². The molecule has 0 unspecified atom stereocenters. The number of carbonyl (C=O) groups is 1. The first-order chi connectivity index (χ1) is 5.56. The van der Waals surface area contributed by atoms with Gasteiger partial charge in [0, 0.05) is 0 Å². The number of rotatable bonds is 2. The summed E-state index contributed by atoms with van der Waals surface area (Å²) in [5.74, 6) is -0.362. The highest BCUT2D eigenvalue weighted by Crippen LogP contribution is 2.37. The first-order valence-electron chi connectivity index (χ1n) is 4.61. The van der Waals surface area contributed by atoms with Gasteiger partial charge in [-0.3, -0.25) is 4.79 Å². The standard InChI is InChI=1S/C9H18N2O/c1-9(7(10)8(11)12)5-3-2-4-6-9/h7H,2-6,10H2,1H3,(H2,11,12)/t7-/m1/s1. The molecule has 1 rings (SSSR count). The highest BCUT2D eigenvalue weighted by Gasteiger charge is 2.36. The third-order valence-electron chi connectivity index (χ3n) is 3.05. The molecule has 1 fully saturated rings. The van der Waals surface area contributed by atoms with Gasteiger partial charge in [-0.05, 0) is 18.3 Å². The lowest BCUT2D eigenvalue weighted by molar-refractivity contribution is -0.122. The maximum atomic E-state index is 10.9. The van der Waals surface area contributed by atoms with Crippen molar-refractivity contribution >= 4 is 5.91 Å². The predicted octanol–water partition coefficient (Wildman–Crippen LogP) is 0.769. The van der Waals surface area contributed by atoms with Crippen molar-refractivity contribution in [2.24, 2.45) is 16.9 Å². The summed E-state index contributed by atoms with van der Waals surface area (Å²) in [4.78, 5) is 10.9. The van der Waals surface area contributed by atoms with Crippen LogP contribution in [-0.4, -0.2) is 11.9 Å². The molecule has 1 amide bonds. The Labute approximate surface area is 73.5 Å². The van der Waals surface area contributed by atoms with Gasteiger partial charge in [0.2, 0.25) is 5.91 Å². The SMILES string of the molecule is CC1([C@H](N)C(N)=O)CCCCC1. The summed E-state index contributed by atoms with van der Waals surface area (Å²) in [5.41, 5.74) is 10.9. The molecule has 0 spiro atoms. The zero-order chi connectivity index (χ0) is 9.19. The number of nitrogens with two attached hydrogens (primary N) is 2. The highest BCUT2D eigenvalue weighted by molar-refractivity contribution is 5.80. The van der Waals surface area contributed by atoms with Gasteiger partial charge in [-0.1, -0.05) is 26.2 Å². The van der Waals surface area contributed by atoms with Crippen LogP contribution in [0.25, 0.3) is 0 Å². The van der Waals surface area contributed by atoms with Crippen molar-refractivity contribution in [2.75, 3.05) is 0 Å². The van der Waals surface area contributed by atoms with Crippen LogP contribution in [0.15, 0.2) is 0 Å². The second kappa shape index (κ2) is 3.44. The number of primary amides is 1. The molecule has 1 aliphatic rings. The molecule has 3 nitrogen and oxygen atoms in total. The van der Waals surface area contributed by atoms with E-state index >= 15 is 0 Å². The third-order valence-corrected chi connectivity index (χ3v) is 3.05. The maximum Gasteiger partial charge on any atom is 0.234 e. The average molecular weight is 170 g/mol. The summed E-state index contributed by atoms with van der Waals surface area (Å²) in [5, 5.41) is 0. The van der Waals surface area contributed by atoms with E-state index in [1.165, 1.54) is 19.3 Å². The van der Waals surface area contributed by atoms with E-state index in [4.69, 9.17) is 11.5 Å². The largest absolute Gasteiger partial charge is 0.368 e. The van der Waals surface area contributed by atoms with Crippen LogP contribution >= 0.6 is 0 Å². The van der Waals surface area contributed by atoms with Gasteiger partial charge in [-0.25, -0.2) is 0 Å². The molecule has 12 heavy (non-hydrogen) atoms. The van der Waals surface area contributed by atoms with Crippen molar-refractivity contribution in [3.63, 3.8) is 0 Å². The van der Waals surface area contributed by atoms with E-state index in [2.05, 4.69) is 6.92 Å². The summed E-state index contributed by atoms with van der Waals surface area (Å²) < 4.78 is 0. The Kier molecular flexibility index (Phi) is 2.73. The summed E-state index contributed by atoms with van der Waals surface area (Å²) in [7, 11) is 0. The minimum atomic E-state index is -0.460. The van der Waals surface area contributed by atoms with Crippen LogP contribution in [0.3, 0.4) is 0 Å². The molecule has 0 aromatic rings. The quantitative estimate of drug-likeness (QED) is 0.642. The van der Waals surface area contributed by atoms with E-state index in [9.17, 15) is 4.79 Å². The highest BCUT2D eigenvalue weighted by atomic mass is 16.1. The Bertz CT molecular complexity index is 173. The molecule has 0 bridgehead atoms. The molecule has 0 heterocycles. The summed E-state index contributed by atoms with van der Waals surface area (Å²) in [6, 6.07) is -0.460. The van der Waals surface area contributed by atoms with Crippen molar-refractivity contribution in [1.29, 1.82) is 0 Å². The number of hydrogen-bond acceptors (Lipinski definition) is 2. The van der Waals surface area contributed by atoms with Gasteiger partial charge in [0.15, 0.2) is 0 Å². The molecule has 4 N–H and O–H groups in total. The van der Waals surface area contributed by atoms with E-state index in [0.29, 0.717) is 0 Å². The average Bonchev–Trinajstić information content (AvgIpc) is 2.04. The third kappa shape index (κ3) is 1.78. The monoisotopic (exact) mass is 170 g/mol. The van der Waals surface area contributed by atoms with Gasteiger partial charge >= 0.3 is 0 Å². The molecule has 0 radical (unpaired) electrons. The second-order valence-electron chi connectivity index (χ2n) is 4.09. The van der Waals surface area contributed by atoms with Crippen LogP contribution < -0.4 is 11.5 Å². The van der Waals surface area contributed by atoms with Crippen LogP contribution in [-0.2, 0) is 4.79 Å². The van der Waals surface area contributed by atoms with Crippen LogP contribution in [0.1, 0.15) is 39.0 Å². The fourth-order valence-electron chi connectivity index (χ4n) is 2.01. The fraction of sp³-hybridized carbons (Fsp3) is 0.889. The fourth-order valence-corrected chi connectivity index (χ4v) is 2.01. The summed E-state index contributed by atoms with van der Waals surface area (Å²) >= 11 is 0. The topological polar surface area (TPSA) is 69.1 Å². The molecule has 0 saturated heterocycles. The van der Waals surface area contributed by atoms with E-state index in [0.717, 1.165) is 12.8 Å². The molecular weight excluding hydrogens is 152 g/mol. The van der Waals surface area contributed by atoms with Gasteiger partial charge in [-0.15, -0.1) is 0 Å². The first kappa shape index (κ1) is 9.52. The molecule has 1 saturated carbocycles. The van der Waals surface area contributed by atoms with Gasteiger partial charge in [0.05, 0.1) is 6.04 Å². The normalized spacial score (nSPS) is 24.8. The number of amides is 1. The molecular formula is C9H18N2O. The lowest BCUT2D eigenvalue weighted by Gasteiger charge is -2.37. The number of hydrogen-bond donors (Lipinski definition) is 2. The predicted molar refractivity (Wildman–Crippen MR) is 48.4 cm³/mol. The van der Waals surface area contributed by atoms with Gasteiger partial charge in [-0.2, -0.15) is 0 Å². The molecule has 0 aliphatic heterocycles. The minimum Gasteiger partial charge on any atom is -0.368 e. The Balaban J connectivity index is 2.62. The molecule has 1 aliphatic carbocycles. The van der Waals surface area contributed by atoms with Crippen LogP contribution in [0.4, 0.5) is 0 Å². The summed E-state index contributed by atoms with van der Waals surface area (Å²) in [6.07, 6.45) is 5.70. The molecule has 70 valence electrons. The Morgan fingerprint density at radius 2 is 1.83 bits per heavy atom. The van der Waals surface area contributed by atoms with Crippen LogP contribution in [0, 0.1) is 5.41 Å². The zero-order valence-corrected chi connectivity index (χ0v) is 7.68. The van der Waals surface area contributed by atoms with Gasteiger partial charge in [0.1, 0.15) is 0 Å². The maximum absolute atomic E-state index is 10.9. The van der Waals surface area contributed by atoms with Crippen LogP contribution in [0.2, 0.25) is 0 Å². The Hall–Kier alpha value is -0.570. The number of carbonyl (C=O) groups excluding carboxylic acids is 1. The molecule has 0 aromatic heterocycles. The van der Waals surface area contributed by atoms with Crippen molar-refractivity contribution < 1.29 is 4.79 Å². The summed E-state index contributed by atoms with van der Waals surface area (Å²) in [6.45, 7) is 2.07. The van der Waals surface area contributed by atoms with E-state index in [1.807, 2.05) is 0 Å². The van der Waals surface area contributed by atoms with Crippen molar-refractivity contribution in [1.82, 2.24) is 0 Å². The molecule has 3 heteroatoms. The van der Waals surface area contributed by atoms with E-state index in [-0.39, 0.29) is 11.3 Å².